The summed E-state index contributed by atoms with van der Waals surface area (Å²) in [7, 11) is 0. The number of aromatic nitrogens is 4. The molecule has 0 bridgehead atoms. The summed E-state index contributed by atoms with van der Waals surface area (Å²) < 4.78 is 39.9. The molecule has 3 aromatic rings. The van der Waals surface area contributed by atoms with Crippen molar-refractivity contribution < 1.29 is 23.1 Å². The van der Waals surface area contributed by atoms with Crippen LogP contribution in [0.1, 0.15) is 32.2 Å². The molecule has 0 radical (unpaired) electrons. The Kier molecular flexibility index (Phi) is 5.15. The van der Waals surface area contributed by atoms with Crippen LogP contribution in [0.2, 0.25) is 0 Å². The molecule has 0 spiro atoms. The maximum Gasteiger partial charge on any atom is 0.417 e. The van der Waals surface area contributed by atoms with Crippen molar-refractivity contribution in [2.24, 2.45) is 0 Å². The van der Waals surface area contributed by atoms with Crippen molar-refractivity contribution in [2.75, 3.05) is 16.8 Å². The molecule has 3 heterocycles. The molecule has 31 heavy (non-hydrogen) atoms. The first-order valence-corrected chi connectivity index (χ1v) is 9.61. The molecule has 2 N–H and O–H groups in total. The number of carboxylic acid groups (broad SMARTS) is 1. The number of nitrogens with zero attached hydrogens (tertiary/aromatic N) is 6. The molecule has 0 unspecified atom stereocenters. The van der Waals surface area contributed by atoms with E-state index in [4.69, 9.17) is 10.4 Å². The topological polar surface area (TPSA) is 128 Å². The third kappa shape index (κ3) is 4.10. The van der Waals surface area contributed by atoms with Crippen molar-refractivity contribution in [1.29, 1.82) is 5.26 Å². The molecule has 0 amide bonds. The minimum absolute atomic E-state index is 0.169. The van der Waals surface area contributed by atoms with E-state index in [0.29, 0.717) is 30.2 Å². The molecule has 158 valence electrons. The number of fused-ring (bicyclic) bond motifs is 1. The van der Waals surface area contributed by atoms with Gasteiger partial charge in [-0.15, -0.1) is 10.2 Å². The van der Waals surface area contributed by atoms with Crippen LogP contribution in [-0.2, 0) is 19.1 Å². The Morgan fingerprint density at radius 2 is 2.10 bits per heavy atom. The summed E-state index contributed by atoms with van der Waals surface area (Å²) in [5.74, 6) is -0.750. The van der Waals surface area contributed by atoms with E-state index < -0.39 is 23.3 Å². The highest BCUT2D eigenvalue weighted by Gasteiger charge is 2.34. The van der Waals surface area contributed by atoms with Gasteiger partial charge in [0.2, 0.25) is 10.1 Å². The summed E-state index contributed by atoms with van der Waals surface area (Å²) in [6, 6.07) is 5.19. The van der Waals surface area contributed by atoms with Gasteiger partial charge in [0.15, 0.2) is 0 Å². The molecule has 1 aromatic carbocycles. The lowest BCUT2D eigenvalue weighted by molar-refractivity contribution is -0.137. The Bertz CT molecular complexity index is 1210. The zero-order chi connectivity index (χ0) is 22.2. The quantitative estimate of drug-likeness (QED) is 0.619. The minimum Gasteiger partial charge on any atom is -0.476 e. The van der Waals surface area contributed by atoms with Crippen LogP contribution < -0.4 is 10.2 Å². The number of nitriles is 1. The highest BCUT2D eigenvalue weighted by molar-refractivity contribution is 7.17. The Labute approximate surface area is 176 Å². The van der Waals surface area contributed by atoms with E-state index >= 15 is 0 Å². The van der Waals surface area contributed by atoms with Crippen LogP contribution in [0.15, 0.2) is 24.5 Å². The fraction of sp³-hybridized carbons (Fsp3) is 0.222. The first kappa shape index (κ1) is 20.5. The Balaban J connectivity index is 1.59. The third-order valence-electron chi connectivity index (χ3n) is 4.63. The molecule has 0 fully saturated rings. The number of carbonyl (C=O) groups is 1. The summed E-state index contributed by atoms with van der Waals surface area (Å²) >= 11 is 0.855. The Hall–Kier alpha value is -3.79. The van der Waals surface area contributed by atoms with Crippen LogP contribution in [0.25, 0.3) is 0 Å². The number of anilines is 3. The predicted octanol–water partition coefficient (Wildman–Crippen LogP) is 3.22. The van der Waals surface area contributed by atoms with Crippen LogP contribution in [0.4, 0.5) is 29.8 Å². The highest BCUT2D eigenvalue weighted by atomic mass is 32.1. The van der Waals surface area contributed by atoms with Crippen molar-refractivity contribution in [3.8, 4) is 6.07 Å². The molecule has 1 aliphatic heterocycles. The number of aromatic carboxylic acids is 1. The van der Waals surface area contributed by atoms with Crippen LogP contribution in [0.5, 0.6) is 0 Å². The van der Waals surface area contributed by atoms with Gasteiger partial charge in [0.05, 0.1) is 29.4 Å². The minimum atomic E-state index is -4.63. The second kappa shape index (κ2) is 7.80. The van der Waals surface area contributed by atoms with Crippen LogP contribution in [-0.4, -0.2) is 37.8 Å². The largest absolute Gasteiger partial charge is 0.476 e. The van der Waals surface area contributed by atoms with Crippen molar-refractivity contribution in [3.05, 3.63) is 51.9 Å². The van der Waals surface area contributed by atoms with Gasteiger partial charge in [0.1, 0.15) is 12.1 Å². The van der Waals surface area contributed by atoms with Gasteiger partial charge >= 0.3 is 12.1 Å². The molecule has 1 aliphatic rings. The fourth-order valence-corrected chi connectivity index (χ4v) is 3.79. The second-order valence-electron chi connectivity index (χ2n) is 6.50. The van der Waals surface area contributed by atoms with E-state index in [9.17, 15) is 18.0 Å². The fourth-order valence-electron chi connectivity index (χ4n) is 3.20. The van der Waals surface area contributed by atoms with Crippen LogP contribution in [0, 0.1) is 11.3 Å². The molecule has 0 aliphatic carbocycles. The van der Waals surface area contributed by atoms with E-state index in [-0.39, 0.29) is 16.7 Å². The monoisotopic (exact) mass is 447 g/mol. The number of rotatable bonds is 4. The van der Waals surface area contributed by atoms with Gasteiger partial charge in [-0.25, -0.2) is 14.8 Å². The summed E-state index contributed by atoms with van der Waals surface area (Å²) in [4.78, 5) is 21.1. The molecule has 0 saturated carbocycles. The number of benzene rings is 1. The van der Waals surface area contributed by atoms with Gasteiger partial charge in [-0.1, -0.05) is 11.3 Å². The van der Waals surface area contributed by atoms with Gasteiger partial charge in [-0.05, 0) is 24.6 Å². The molecule has 2 aromatic heterocycles. The van der Waals surface area contributed by atoms with Gasteiger partial charge in [0.25, 0.3) is 0 Å². The van der Waals surface area contributed by atoms with Gasteiger partial charge in [0, 0.05) is 17.8 Å². The second-order valence-corrected chi connectivity index (χ2v) is 7.48. The number of carboxylic acids is 1. The van der Waals surface area contributed by atoms with Crippen molar-refractivity contribution in [1.82, 2.24) is 20.2 Å². The summed E-state index contributed by atoms with van der Waals surface area (Å²) in [5.41, 5.74) is 0.301. The summed E-state index contributed by atoms with van der Waals surface area (Å²) in [6.45, 7) is 0.640. The van der Waals surface area contributed by atoms with Gasteiger partial charge in [-0.2, -0.15) is 18.4 Å². The molecular weight excluding hydrogens is 435 g/mol. The molecular formula is C18H12F3N7O2S. The lowest BCUT2D eigenvalue weighted by Crippen LogP contribution is -2.32. The first-order chi connectivity index (χ1) is 14.8. The predicted molar refractivity (Wildman–Crippen MR) is 103 cm³/mol. The van der Waals surface area contributed by atoms with Crippen LogP contribution >= 0.6 is 11.3 Å². The zero-order valence-electron chi connectivity index (χ0n) is 15.5. The average Bonchev–Trinajstić information content (AvgIpc) is 3.21. The number of hydrogen-bond donors (Lipinski definition) is 2. The van der Waals surface area contributed by atoms with E-state index in [1.807, 2.05) is 0 Å². The number of alkyl halides is 3. The van der Waals surface area contributed by atoms with E-state index in [1.54, 1.807) is 11.0 Å². The Morgan fingerprint density at radius 1 is 1.29 bits per heavy atom. The highest BCUT2D eigenvalue weighted by Crippen LogP contribution is 2.36. The van der Waals surface area contributed by atoms with E-state index in [0.717, 1.165) is 29.0 Å². The van der Waals surface area contributed by atoms with Crippen molar-refractivity contribution >= 4 is 33.9 Å². The van der Waals surface area contributed by atoms with Crippen molar-refractivity contribution in [2.45, 2.75) is 19.1 Å². The summed E-state index contributed by atoms with van der Waals surface area (Å²) in [6.07, 6.45) is -2.89. The number of halogens is 3. The van der Waals surface area contributed by atoms with Gasteiger partial charge < -0.3 is 15.3 Å². The lowest BCUT2D eigenvalue weighted by Gasteiger charge is -2.31. The number of nitrogens with one attached hydrogen (secondary N) is 1. The maximum absolute atomic E-state index is 13.3. The molecule has 0 saturated heterocycles. The average molecular weight is 447 g/mol. The van der Waals surface area contributed by atoms with E-state index in [2.05, 4.69) is 25.5 Å². The molecule has 0 atom stereocenters. The zero-order valence-corrected chi connectivity index (χ0v) is 16.3. The molecule has 4 rings (SSSR count). The molecule has 9 nitrogen and oxygen atoms in total. The normalized spacial score (nSPS) is 13.4. The van der Waals surface area contributed by atoms with Gasteiger partial charge in [-0.3, -0.25) is 0 Å². The van der Waals surface area contributed by atoms with Crippen LogP contribution in [0.3, 0.4) is 0 Å². The standard InChI is InChI=1S/C18H12F3N7O2S/c19-18(20,21)12-5-10(2-1-9(12)6-22)28-4-3-11-13(7-28)23-8-24-14(11)25-17-27-26-15(31-17)16(29)30/h1-2,5,8H,3-4,7H2,(H,29,30)(H,23,24,25,27). The summed E-state index contributed by atoms with van der Waals surface area (Å²) in [5, 5.41) is 28.3. The van der Waals surface area contributed by atoms with Crippen molar-refractivity contribution in [3.63, 3.8) is 0 Å². The number of hydrogen-bond acceptors (Lipinski definition) is 9. The van der Waals surface area contributed by atoms with E-state index in [1.165, 1.54) is 12.4 Å². The SMILES string of the molecule is N#Cc1ccc(N2CCc3c(ncnc3Nc3nnc(C(=O)O)s3)C2)cc1C(F)(F)F. The lowest BCUT2D eigenvalue weighted by atomic mass is 10.0. The smallest absolute Gasteiger partial charge is 0.417 e. The third-order valence-corrected chi connectivity index (χ3v) is 5.46. The molecule has 13 heteroatoms. The maximum atomic E-state index is 13.3. The Morgan fingerprint density at radius 3 is 2.77 bits per heavy atom. The first-order valence-electron chi connectivity index (χ1n) is 8.79.